The van der Waals surface area contributed by atoms with Gasteiger partial charge in [-0.25, -0.2) is 14.1 Å². The predicted molar refractivity (Wildman–Crippen MR) is 117 cm³/mol. The van der Waals surface area contributed by atoms with Crippen LogP contribution in [0.4, 0.5) is 10.1 Å². The lowest BCUT2D eigenvalue weighted by Gasteiger charge is -2.16. The minimum Gasteiger partial charge on any atom is -0.324 e. The Morgan fingerprint density at radius 3 is 2.61 bits per heavy atom. The van der Waals surface area contributed by atoms with Crippen molar-refractivity contribution in [2.45, 2.75) is 33.2 Å². The molecule has 0 radical (unpaired) electrons. The van der Waals surface area contributed by atoms with E-state index in [1.54, 1.807) is 12.1 Å². The monoisotopic (exact) mass is 419 g/mol. The van der Waals surface area contributed by atoms with Gasteiger partial charge in [-0.05, 0) is 48.2 Å². The lowest BCUT2D eigenvalue weighted by Crippen LogP contribution is -2.28. The van der Waals surface area contributed by atoms with Crippen LogP contribution in [0.1, 0.15) is 30.9 Å². The molecule has 0 aliphatic heterocycles. The van der Waals surface area contributed by atoms with Crippen LogP contribution in [-0.2, 0) is 11.3 Å². The number of aryl methyl sites for hydroxylation is 1. The molecule has 4 aromatic rings. The van der Waals surface area contributed by atoms with Crippen LogP contribution >= 0.6 is 0 Å². The highest BCUT2D eigenvalue weighted by Gasteiger charge is 2.15. The molecule has 2 heterocycles. The van der Waals surface area contributed by atoms with Crippen LogP contribution in [0.2, 0.25) is 0 Å². The van der Waals surface area contributed by atoms with Gasteiger partial charge in [0.25, 0.3) is 5.56 Å². The summed E-state index contributed by atoms with van der Waals surface area (Å²) in [6.07, 6.45) is 2.73. The molecule has 7 nitrogen and oxygen atoms in total. The molecule has 0 aliphatic carbocycles. The van der Waals surface area contributed by atoms with E-state index >= 15 is 0 Å². The molecular formula is C23H22FN5O2. The maximum atomic E-state index is 13.2. The van der Waals surface area contributed by atoms with Crippen LogP contribution in [0, 0.1) is 12.7 Å². The molecular weight excluding hydrogens is 397 g/mol. The molecule has 158 valence electrons. The first kappa shape index (κ1) is 20.5. The highest BCUT2D eigenvalue weighted by atomic mass is 19.1. The van der Waals surface area contributed by atoms with Crippen molar-refractivity contribution < 1.29 is 9.18 Å². The Morgan fingerprint density at radius 2 is 1.90 bits per heavy atom. The Kier molecular flexibility index (Phi) is 5.37. The van der Waals surface area contributed by atoms with Crippen LogP contribution in [0.3, 0.4) is 0 Å². The van der Waals surface area contributed by atoms with Crippen molar-refractivity contribution >= 4 is 22.6 Å². The zero-order valence-electron chi connectivity index (χ0n) is 17.5. The summed E-state index contributed by atoms with van der Waals surface area (Å²) < 4.78 is 15.9. The number of aromatic nitrogens is 4. The minimum atomic E-state index is -0.373. The molecule has 0 unspecified atom stereocenters. The van der Waals surface area contributed by atoms with Gasteiger partial charge in [0.2, 0.25) is 5.91 Å². The minimum absolute atomic E-state index is 0.171. The van der Waals surface area contributed by atoms with Crippen LogP contribution in [-0.4, -0.2) is 25.2 Å². The number of amides is 1. The number of hydrogen-bond donors (Lipinski definition) is 1. The van der Waals surface area contributed by atoms with Crippen molar-refractivity contribution in [2.24, 2.45) is 0 Å². The fourth-order valence-corrected chi connectivity index (χ4v) is 3.51. The zero-order chi connectivity index (χ0) is 22.1. The predicted octanol–water partition coefficient (Wildman–Crippen LogP) is 3.79. The maximum absolute atomic E-state index is 13.2. The van der Waals surface area contributed by atoms with Crippen molar-refractivity contribution in [1.29, 1.82) is 0 Å². The summed E-state index contributed by atoms with van der Waals surface area (Å²) in [5.41, 5.74) is 3.32. The van der Waals surface area contributed by atoms with Gasteiger partial charge in [-0.2, -0.15) is 5.10 Å². The number of nitrogens with zero attached hydrogens (tertiary/aromatic N) is 4. The number of rotatable bonds is 5. The number of nitrogens with one attached hydrogen (secondary N) is 1. The van der Waals surface area contributed by atoms with Crippen LogP contribution in [0.25, 0.3) is 16.7 Å². The van der Waals surface area contributed by atoms with Crippen molar-refractivity contribution in [3.05, 3.63) is 82.3 Å². The van der Waals surface area contributed by atoms with E-state index in [1.165, 1.54) is 33.9 Å². The smallest absolute Gasteiger partial charge is 0.264 e. The molecule has 4 rings (SSSR count). The number of anilines is 1. The van der Waals surface area contributed by atoms with E-state index in [1.807, 2.05) is 25.1 Å². The molecule has 31 heavy (non-hydrogen) atoms. The van der Waals surface area contributed by atoms with E-state index < -0.39 is 0 Å². The Hall–Kier alpha value is -3.81. The fourth-order valence-electron chi connectivity index (χ4n) is 3.51. The van der Waals surface area contributed by atoms with Gasteiger partial charge in [0.05, 0.1) is 11.9 Å². The number of hydrogen-bond acceptors (Lipinski definition) is 4. The fraction of sp³-hybridized carbons (Fsp3) is 0.217. The molecule has 0 aliphatic rings. The second kappa shape index (κ2) is 8.14. The van der Waals surface area contributed by atoms with Crippen LogP contribution in [0.5, 0.6) is 0 Å². The quantitative estimate of drug-likeness (QED) is 0.534. The van der Waals surface area contributed by atoms with Gasteiger partial charge < -0.3 is 5.32 Å². The summed E-state index contributed by atoms with van der Waals surface area (Å²) in [5.74, 6) is -0.436. The summed E-state index contributed by atoms with van der Waals surface area (Å²) in [6, 6.07) is 11.6. The number of halogens is 1. The van der Waals surface area contributed by atoms with Gasteiger partial charge in [0, 0.05) is 5.69 Å². The third-order valence-electron chi connectivity index (χ3n) is 5.13. The van der Waals surface area contributed by atoms with Crippen LogP contribution in [0.15, 0.2) is 59.8 Å². The Morgan fingerprint density at radius 1 is 1.16 bits per heavy atom. The lowest BCUT2D eigenvalue weighted by molar-refractivity contribution is -0.116. The third-order valence-corrected chi connectivity index (χ3v) is 5.13. The molecule has 0 fully saturated rings. The number of carbonyl (C=O) groups is 1. The van der Waals surface area contributed by atoms with Gasteiger partial charge in [-0.3, -0.25) is 14.2 Å². The highest BCUT2D eigenvalue weighted by Crippen LogP contribution is 2.27. The summed E-state index contributed by atoms with van der Waals surface area (Å²) in [7, 11) is 0. The van der Waals surface area contributed by atoms with E-state index in [-0.39, 0.29) is 35.1 Å². The normalized spacial score (nSPS) is 11.3. The van der Waals surface area contributed by atoms with Crippen molar-refractivity contribution in [3.8, 4) is 5.69 Å². The van der Waals surface area contributed by atoms with E-state index in [9.17, 15) is 14.0 Å². The van der Waals surface area contributed by atoms with Crippen molar-refractivity contribution in [1.82, 2.24) is 19.3 Å². The Bertz CT molecular complexity index is 1320. The first-order valence-corrected chi connectivity index (χ1v) is 9.93. The molecule has 2 aromatic heterocycles. The molecule has 0 saturated carbocycles. The average molecular weight is 419 g/mol. The highest BCUT2D eigenvalue weighted by molar-refractivity contribution is 5.92. The summed E-state index contributed by atoms with van der Waals surface area (Å²) in [4.78, 5) is 29.9. The first-order chi connectivity index (χ1) is 14.8. The van der Waals surface area contributed by atoms with E-state index in [4.69, 9.17) is 0 Å². The molecule has 8 heteroatoms. The second-order valence-corrected chi connectivity index (χ2v) is 7.69. The van der Waals surface area contributed by atoms with Gasteiger partial charge in [-0.15, -0.1) is 0 Å². The van der Waals surface area contributed by atoms with E-state index in [0.29, 0.717) is 11.3 Å². The summed E-state index contributed by atoms with van der Waals surface area (Å²) >= 11 is 0. The summed E-state index contributed by atoms with van der Waals surface area (Å²) in [6.45, 7) is 5.89. The average Bonchev–Trinajstić information content (AvgIpc) is 3.17. The molecule has 1 amide bonds. The Balaban J connectivity index is 1.62. The second-order valence-electron chi connectivity index (χ2n) is 7.69. The van der Waals surface area contributed by atoms with Gasteiger partial charge >= 0.3 is 0 Å². The number of fused-ring (bicyclic) bond motifs is 1. The molecule has 1 N–H and O–H groups in total. The van der Waals surface area contributed by atoms with Crippen molar-refractivity contribution in [2.75, 3.05) is 5.32 Å². The van der Waals surface area contributed by atoms with E-state index in [0.717, 1.165) is 16.8 Å². The van der Waals surface area contributed by atoms with Gasteiger partial charge in [0.1, 0.15) is 24.1 Å². The third kappa shape index (κ3) is 3.96. The molecule has 2 aromatic carbocycles. The standard InChI is InChI=1S/C23H22FN5O2/c1-14(2)18-6-4-5-15(3)21(18)27-20(30)12-28-13-25-22-19(23(28)31)11-26-29(22)17-9-7-16(24)8-10-17/h4-11,13-14H,12H2,1-3H3,(H,27,30). The SMILES string of the molecule is Cc1cccc(C(C)C)c1NC(=O)Cn1cnc2c(cnn2-c2ccc(F)cc2)c1=O. The van der Waals surface area contributed by atoms with Gasteiger partial charge in [-0.1, -0.05) is 32.0 Å². The number of carbonyl (C=O) groups excluding carboxylic acids is 1. The molecule has 0 saturated heterocycles. The summed E-state index contributed by atoms with van der Waals surface area (Å²) in [5, 5.41) is 7.42. The van der Waals surface area contributed by atoms with Crippen LogP contribution < -0.4 is 10.9 Å². The molecule has 0 spiro atoms. The maximum Gasteiger partial charge on any atom is 0.264 e. The first-order valence-electron chi connectivity index (χ1n) is 9.93. The van der Waals surface area contributed by atoms with Crippen molar-refractivity contribution in [3.63, 3.8) is 0 Å². The lowest BCUT2D eigenvalue weighted by atomic mass is 9.98. The Labute approximate surface area is 178 Å². The number of benzene rings is 2. The zero-order valence-corrected chi connectivity index (χ0v) is 17.5. The molecule has 0 atom stereocenters. The number of para-hydroxylation sites is 1. The molecule has 0 bridgehead atoms. The largest absolute Gasteiger partial charge is 0.324 e. The van der Waals surface area contributed by atoms with Gasteiger partial charge in [0.15, 0.2) is 5.65 Å². The van der Waals surface area contributed by atoms with E-state index in [2.05, 4.69) is 29.2 Å². The topological polar surface area (TPSA) is 81.8 Å².